The second kappa shape index (κ2) is 5.90. The van der Waals surface area contributed by atoms with Crippen LogP contribution in [0.1, 0.15) is 18.9 Å². The summed E-state index contributed by atoms with van der Waals surface area (Å²) in [5.74, 6) is -0.811. The molecule has 2 N–H and O–H groups in total. The number of carbonyl (C=O) groups is 1. The van der Waals surface area contributed by atoms with Crippen molar-refractivity contribution in [1.82, 2.24) is 10.2 Å². The van der Waals surface area contributed by atoms with Gasteiger partial charge in [0.25, 0.3) is 0 Å². The Balaban J connectivity index is 1.89. The monoisotopic (exact) mass is 282 g/mol. The molecule has 104 valence electrons. The van der Waals surface area contributed by atoms with Gasteiger partial charge in [0.15, 0.2) is 0 Å². The van der Waals surface area contributed by atoms with Crippen molar-refractivity contribution >= 4 is 17.6 Å². The van der Waals surface area contributed by atoms with Crippen LogP contribution in [-0.2, 0) is 11.3 Å². The van der Waals surface area contributed by atoms with Gasteiger partial charge in [-0.1, -0.05) is 23.7 Å². The second-order valence-corrected chi connectivity index (χ2v) is 5.83. The van der Waals surface area contributed by atoms with Crippen LogP contribution < -0.4 is 5.32 Å². The van der Waals surface area contributed by atoms with Crippen LogP contribution in [0, 0.1) is 0 Å². The molecule has 1 fully saturated rings. The van der Waals surface area contributed by atoms with Crippen molar-refractivity contribution in [3.8, 4) is 0 Å². The minimum Gasteiger partial charge on any atom is -0.480 e. The average molecular weight is 283 g/mol. The molecule has 1 unspecified atom stereocenters. The number of halogens is 1. The topological polar surface area (TPSA) is 52.6 Å². The molecule has 0 spiro atoms. The van der Waals surface area contributed by atoms with Crippen molar-refractivity contribution in [2.75, 3.05) is 19.6 Å². The standard InChI is InChI=1S/C14H19ClN2O2/c1-14(16-8-13(18)19)5-6-17(10-14)9-11-3-2-4-12(15)7-11/h2-4,7,16H,5-6,8-10H2,1H3,(H,18,19). The molecule has 1 aliphatic rings. The number of nitrogens with one attached hydrogen (secondary N) is 1. The number of carboxylic acid groups (broad SMARTS) is 1. The summed E-state index contributed by atoms with van der Waals surface area (Å²) in [6, 6.07) is 7.86. The normalized spacial score (nSPS) is 23.7. The van der Waals surface area contributed by atoms with Gasteiger partial charge in [-0.15, -0.1) is 0 Å². The summed E-state index contributed by atoms with van der Waals surface area (Å²) in [5, 5.41) is 12.6. The third-order valence-corrected chi connectivity index (χ3v) is 3.75. The van der Waals surface area contributed by atoms with E-state index in [0.717, 1.165) is 31.1 Å². The highest BCUT2D eigenvalue weighted by molar-refractivity contribution is 6.30. The average Bonchev–Trinajstić information content (AvgIpc) is 2.69. The van der Waals surface area contributed by atoms with Crippen LogP contribution >= 0.6 is 11.6 Å². The largest absolute Gasteiger partial charge is 0.480 e. The molecule has 0 radical (unpaired) electrons. The fraction of sp³-hybridized carbons (Fsp3) is 0.500. The lowest BCUT2D eigenvalue weighted by Gasteiger charge is -2.25. The van der Waals surface area contributed by atoms with Gasteiger partial charge in [0.1, 0.15) is 0 Å². The van der Waals surface area contributed by atoms with E-state index in [4.69, 9.17) is 16.7 Å². The number of rotatable bonds is 5. The van der Waals surface area contributed by atoms with Crippen LogP contribution in [0.5, 0.6) is 0 Å². The van der Waals surface area contributed by atoms with E-state index in [1.54, 1.807) is 0 Å². The van der Waals surface area contributed by atoms with Gasteiger partial charge < -0.3 is 10.4 Å². The van der Waals surface area contributed by atoms with E-state index in [9.17, 15) is 4.79 Å². The van der Waals surface area contributed by atoms with Crippen molar-refractivity contribution < 1.29 is 9.90 Å². The number of likely N-dealkylation sites (tertiary alicyclic amines) is 1. The molecule has 0 amide bonds. The lowest BCUT2D eigenvalue weighted by atomic mass is 10.0. The Morgan fingerprint density at radius 1 is 1.58 bits per heavy atom. The maximum atomic E-state index is 10.6. The van der Waals surface area contributed by atoms with Gasteiger partial charge in [0.2, 0.25) is 0 Å². The number of carboxylic acids is 1. The lowest BCUT2D eigenvalue weighted by molar-refractivity contribution is -0.136. The molecule has 1 aromatic rings. The molecular formula is C14H19ClN2O2. The molecule has 1 saturated heterocycles. The Labute approximate surface area is 118 Å². The minimum atomic E-state index is -0.811. The van der Waals surface area contributed by atoms with Crippen LogP contribution in [0.25, 0.3) is 0 Å². The quantitative estimate of drug-likeness (QED) is 0.867. The van der Waals surface area contributed by atoms with Crippen LogP contribution in [0.3, 0.4) is 0 Å². The van der Waals surface area contributed by atoms with Crippen LogP contribution in [0.15, 0.2) is 24.3 Å². The van der Waals surface area contributed by atoms with Gasteiger partial charge in [0, 0.05) is 30.2 Å². The summed E-state index contributed by atoms with van der Waals surface area (Å²) < 4.78 is 0. The fourth-order valence-corrected chi connectivity index (χ4v) is 2.73. The van der Waals surface area contributed by atoms with E-state index >= 15 is 0 Å². The molecule has 1 aliphatic heterocycles. The predicted octanol–water partition coefficient (Wildman–Crippen LogP) is 1.98. The van der Waals surface area contributed by atoms with Gasteiger partial charge in [-0.2, -0.15) is 0 Å². The fourth-order valence-electron chi connectivity index (χ4n) is 2.52. The van der Waals surface area contributed by atoms with Gasteiger partial charge in [0.05, 0.1) is 6.54 Å². The minimum absolute atomic E-state index is 0.0154. The molecule has 19 heavy (non-hydrogen) atoms. The number of hydrogen-bond acceptors (Lipinski definition) is 3. The van der Waals surface area contributed by atoms with Gasteiger partial charge in [-0.3, -0.25) is 9.69 Å². The summed E-state index contributed by atoms with van der Waals surface area (Å²) in [6.07, 6.45) is 0.959. The maximum absolute atomic E-state index is 10.6. The van der Waals surface area contributed by atoms with Gasteiger partial charge >= 0.3 is 5.97 Å². The van der Waals surface area contributed by atoms with Gasteiger partial charge in [-0.25, -0.2) is 0 Å². The van der Waals surface area contributed by atoms with E-state index in [1.807, 2.05) is 18.2 Å². The molecule has 1 heterocycles. The Bertz CT molecular complexity index is 467. The highest BCUT2D eigenvalue weighted by Gasteiger charge is 2.33. The first-order chi connectivity index (χ1) is 8.97. The van der Waals surface area contributed by atoms with Crippen molar-refractivity contribution in [2.45, 2.75) is 25.4 Å². The number of nitrogens with zero attached hydrogens (tertiary/aromatic N) is 1. The smallest absolute Gasteiger partial charge is 0.317 e. The number of benzene rings is 1. The van der Waals surface area contributed by atoms with Crippen molar-refractivity contribution in [2.24, 2.45) is 0 Å². The molecule has 5 heteroatoms. The molecule has 4 nitrogen and oxygen atoms in total. The molecule has 0 aliphatic carbocycles. The molecule has 1 aromatic carbocycles. The Morgan fingerprint density at radius 2 is 2.37 bits per heavy atom. The van der Waals surface area contributed by atoms with Crippen LogP contribution in [-0.4, -0.2) is 41.1 Å². The molecule has 0 saturated carbocycles. The first kappa shape index (κ1) is 14.3. The SMILES string of the molecule is CC1(NCC(=O)O)CCN(Cc2cccc(Cl)c2)C1. The van der Waals surface area contributed by atoms with E-state index in [1.165, 1.54) is 5.56 Å². The van der Waals surface area contributed by atoms with Crippen LogP contribution in [0.4, 0.5) is 0 Å². The number of aliphatic carboxylic acids is 1. The van der Waals surface area contributed by atoms with Crippen molar-refractivity contribution in [3.63, 3.8) is 0 Å². The molecule has 0 bridgehead atoms. The third kappa shape index (κ3) is 4.20. The number of hydrogen-bond donors (Lipinski definition) is 2. The van der Waals surface area contributed by atoms with E-state index in [-0.39, 0.29) is 12.1 Å². The first-order valence-electron chi connectivity index (χ1n) is 6.40. The highest BCUT2D eigenvalue weighted by atomic mass is 35.5. The second-order valence-electron chi connectivity index (χ2n) is 5.40. The summed E-state index contributed by atoms with van der Waals surface area (Å²) >= 11 is 5.97. The zero-order chi connectivity index (χ0) is 13.9. The van der Waals surface area contributed by atoms with E-state index in [2.05, 4.69) is 23.2 Å². The molecule has 0 aromatic heterocycles. The molecular weight excluding hydrogens is 264 g/mol. The third-order valence-electron chi connectivity index (χ3n) is 3.51. The summed E-state index contributed by atoms with van der Waals surface area (Å²) in [7, 11) is 0. The predicted molar refractivity (Wildman–Crippen MR) is 75.4 cm³/mol. The summed E-state index contributed by atoms with van der Waals surface area (Å²) in [4.78, 5) is 12.9. The lowest BCUT2D eigenvalue weighted by Crippen LogP contribution is -2.46. The van der Waals surface area contributed by atoms with Crippen molar-refractivity contribution in [1.29, 1.82) is 0 Å². The first-order valence-corrected chi connectivity index (χ1v) is 6.78. The molecule has 2 rings (SSSR count). The Kier molecular flexibility index (Phi) is 4.45. The zero-order valence-corrected chi connectivity index (χ0v) is 11.8. The van der Waals surface area contributed by atoms with Crippen molar-refractivity contribution in [3.05, 3.63) is 34.9 Å². The van der Waals surface area contributed by atoms with Gasteiger partial charge in [-0.05, 0) is 31.0 Å². The Morgan fingerprint density at radius 3 is 3.05 bits per heavy atom. The van der Waals surface area contributed by atoms with Crippen LogP contribution in [0.2, 0.25) is 5.02 Å². The summed E-state index contributed by atoms with van der Waals surface area (Å²) in [6.45, 7) is 4.77. The zero-order valence-electron chi connectivity index (χ0n) is 11.0. The van der Waals surface area contributed by atoms with E-state index in [0.29, 0.717) is 0 Å². The Hall–Kier alpha value is -1.10. The van der Waals surface area contributed by atoms with E-state index < -0.39 is 5.97 Å². The molecule has 1 atom stereocenters. The highest BCUT2D eigenvalue weighted by Crippen LogP contribution is 2.23. The summed E-state index contributed by atoms with van der Waals surface area (Å²) in [5.41, 5.74) is 1.08. The maximum Gasteiger partial charge on any atom is 0.317 e.